The van der Waals surface area contributed by atoms with Gasteiger partial charge in [0.1, 0.15) is 29.9 Å². The number of nitrogens with zero attached hydrogens (tertiary/aromatic N) is 5. The van der Waals surface area contributed by atoms with Crippen LogP contribution in [0.2, 0.25) is 0 Å². The fourth-order valence-electron chi connectivity index (χ4n) is 4.38. The van der Waals surface area contributed by atoms with Crippen LogP contribution in [0.5, 0.6) is 0 Å². The molecule has 3 N–H and O–H groups in total. The second-order valence-electron chi connectivity index (χ2n) is 8.87. The number of aromatic nitrogens is 3. The molecule has 1 aromatic heterocycles. The summed E-state index contributed by atoms with van der Waals surface area (Å²) in [7, 11) is 0. The molecule has 0 aliphatic carbocycles. The highest BCUT2D eigenvalue weighted by Gasteiger charge is 2.37. The van der Waals surface area contributed by atoms with Gasteiger partial charge in [0.2, 0.25) is 0 Å². The maximum absolute atomic E-state index is 14.7. The topological polar surface area (TPSA) is 121 Å². The molecule has 2 heterocycles. The fraction of sp³-hybridized carbons (Fsp3) is 0.200. The molecule has 0 radical (unpaired) electrons. The lowest BCUT2D eigenvalue weighted by Crippen LogP contribution is -2.45. The first-order valence-corrected chi connectivity index (χ1v) is 11.4. The predicted octanol–water partition coefficient (Wildman–Crippen LogP) is 3.81. The Morgan fingerprint density at radius 2 is 1.92 bits per heavy atom. The normalized spacial score (nSPS) is 14.6. The minimum atomic E-state index is -1.74. The highest BCUT2D eigenvalue weighted by Crippen LogP contribution is 2.33. The third-order valence-electron chi connectivity index (χ3n) is 6.16. The Kier molecular flexibility index (Phi) is 6.51. The summed E-state index contributed by atoms with van der Waals surface area (Å²) in [6.45, 7) is 0.794. The van der Waals surface area contributed by atoms with Crippen molar-refractivity contribution in [1.82, 2.24) is 19.8 Å². The Labute approximate surface area is 210 Å². The number of benzene rings is 3. The third kappa shape index (κ3) is 5.39. The number of nitrogens with one attached hydrogen (secondary N) is 2. The Balaban J connectivity index is 1.29. The number of nitro groups is 1. The summed E-state index contributed by atoms with van der Waals surface area (Å²) in [5.74, 6) is -1.58. The van der Waals surface area contributed by atoms with Crippen molar-refractivity contribution in [2.75, 3.05) is 17.3 Å². The van der Waals surface area contributed by atoms with E-state index in [1.807, 2.05) is 18.2 Å². The van der Waals surface area contributed by atoms with Crippen molar-refractivity contribution in [1.29, 1.82) is 0 Å². The minimum Gasteiger partial charge on any atom is -0.382 e. The molecule has 10 nitrogen and oxygen atoms in total. The van der Waals surface area contributed by atoms with Crippen LogP contribution in [0.4, 0.5) is 25.8 Å². The van der Waals surface area contributed by atoms with Crippen LogP contribution in [0.15, 0.2) is 73.3 Å². The zero-order valence-corrected chi connectivity index (χ0v) is 19.5. The highest BCUT2D eigenvalue weighted by molar-refractivity contribution is 5.61. The summed E-state index contributed by atoms with van der Waals surface area (Å²) in [5, 5.41) is 31.5. The fourth-order valence-corrected chi connectivity index (χ4v) is 4.38. The molecule has 37 heavy (non-hydrogen) atoms. The van der Waals surface area contributed by atoms with E-state index in [1.165, 1.54) is 35.5 Å². The van der Waals surface area contributed by atoms with E-state index in [2.05, 4.69) is 20.8 Å². The van der Waals surface area contributed by atoms with Crippen molar-refractivity contribution in [3.05, 3.63) is 112 Å². The van der Waals surface area contributed by atoms with Crippen LogP contribution in [-0.2, 0) is 25.2 Å². The van der Waals surface area contributed by atoms with Gasteiger partial charge in [-0.05, 0) is 35.4 Å². The number of aliphatic hydroxyl groups is 1. The number of non-ortho nitro benzene ring substituents is 1. The Morgan fingerprint density at radius 1 is 1.11 bits per heavy atom. The second kappa shape index (κ2) is 9.91. The number of hydrogen-bond acceptors (Lipinski definition) is 8. The lowest BCUT2D eigenvalue weighted by atomic mass is 9.92. The van der Waals surface area contributed by atoms with Gasteiger partial charge in [0.15, 0.2) is 0 Å². The van der Waals surface area contributed by atoms with Gasteiger partial charge < -0.3 is 15.8 Å². The minimum absolute atomic E-state index is 0.0182. The first-order chi connectivity index (χ1) is 17.8. The maximum atomic E-state index is 14.7. The van der Waals surface area contributed by atoms with E-state index in [0.29, 0.717) is 13.1 Å². The summed E-state index contributed by atoms with van der Waals surface area (Å²) in [5.41, 5.74) is 5.02. The lowest BCUT2D eigenvalue weighted by Gasteiger charge is -2.33. The largest absolute Gasteiger partial charge is 0.382 e. The summed E-state index contributed by atoms with van der Waals surface area (Å²) in [6, 6.07) is 15.2. The molecule has 0 bridgehead atoms. The molecule has 12 heteroatoms. The van der Waals surface area contributed by atoms with Crippen LogP contribution < -0.4 is 10.7 Å². The summed E-state index contributed by atoms with van der Waals surface area (Å²) >= 11 is 0. The van der Waals surface area contributed by atoms with Crippen LogP contribution >= 0.6 is 0 Å². The smallest absolute Gasteiger partial charge is 0.269 e. The molecule has 3 aromatic carbocycles. The predicted molar refractivity (Wildman–Crippen MR) is 131 cm³/mol. The summed E-state index contributed by atoms with van der Waals surface area (Å²) in [6.07, 6.45) is 2.73. The molecule has 0 saturated heterocycles. The van der Waals surface area contributed by atoms with Gasteiger partial charge in [0.05, 0.1) is 23.7 Å². The van der Waals surface area contributed by atoms with E-state index in [1.54, 1.807) is 17.1 Å². The lowest BCUT2D eigenvalue weighted by molar-refractivity contribution is -0.384. The van der Waals surface area contributed by atoms with Crippen LogP contribution in [0.25, 0.3) is 0 Å². The number of rotatable bonds is 9. The van der Waals surface area contributed by atoms with Gasteiger partial charge in [-0.1, -0.05) is 18.2 Å². The third-order valence-corrected chi connectivity index (χ3v) is 6.16. The molecule has 1 aliphatic rings. The second-order valence-corrected chi connectivity index (χ2v) is 8.87. The number of β-amino-alcohol motifs (C(OH)–C–C–N with tert-alkyl or cyclic N) is 1. The Morgan fingerprint density at radius 3 is 2.62 bits per heavy atom. The molecule has 0 amide bonds. The van der Waals surface area contributed by atoms with Gasteiger partial charge in [0.25, 0.3) is 5.69 Å². The van der Waals surface area contributed by atoms with E-state index in [4.69, 9.17) is 0 Å². The standard InChI is InChI=1S/C25H23F2N7O3/c26-19-3-7-22(23(27)10-19)25(35,14-33-16-28-15-30-33)13-32-12-18-9-20(4-8-24(18)31-32)29-11-17-1-5-21(6-2-17)34(36)37/h1-10,15-16,29,31,35H,11-14H2. The van der Waals surface area contributed by atoms with Gasteiger partial charge in [-0.3, -0.25) is 10.1 Å². The van der Waals surface area contributed by atoms with E-state index in [9.17, 15) is 24.0 Å². The van der Waals surface area contributed by atoms with Crippen molar-refractivity contribution in [3.63, 3.8) is 0 Å². The van der Waals surface area contributed by atoms with E-state index in [0.717, 1.165) is 34.6 Å². The van der Waals surface area contributed by atoms with Crippen molar-refractivity contribution < 1.29 is 18.8 Å². The van der Waals surface area contributed by atoms with E-state index < -0.39 is 22.2 Å². The molecular weight excluding hydrogens is 484 g/mol. The van der Waals surface area contributed by atoms with Crippen LogP contribution in [0.1, 0.15) is 16.7 Å². The zero-order valence-electron chi connectivity index (χ0n) is 19.5. The van der Waals surface area contributed by atoms with Gasteiger partial charge in [-0.2, -0.15) is 5.10 Å². The van der Waals surface area contributed by atoms with Crippen molar-refractivity contribution in [2.24, 2.45) is 0 Å². The van der Waals surface area contributed by atoms with Gasteiger partial charge in [-0.25, -0.2) is 23.5 Å². The van der Waals surface area contributed by atoms with E-state index in [-0.39, 0.29) is 24.3 Å². The summed E-state index contributed by atoms with van der Waals surface area (Å²) < 4.78 is 29.7. The molecule has 4 aromatic rings. The molecule has 190 valence electrons. The molecule has 1 unspecified atom stereocenters. The zero-order chi connectivity index (χ0) is 26.0. The number of nitro benzene ring substituents is 1. The highest BCUT2D eigenvalue weighted by atomic mass is 19.1. The average Bonchev–Trinajstić information content (AvgIpc) is 3.51. The number of hydrazine groups is 1. The quantitative estimate of drug-likeness (QED) is 0.231. The molecule has 1 aliphatic heterocycles. The maximum Gasteiger partial charge on any atom is 0.269 e. The molecule has 5 rings (SSSR count). The van der Waals surface area contributed by atoms with Crippen molar-refractivity contribution >= 4 is 17.1 Å². The number of fused-ring (bicyclic) bond motifs is 1. The van der Waals surface area contributed by atoms with Crippen LogP contribution in [0, 0.1) is 21.7 Å². The van der Waals surface area contributed by atoms with Crippen LogP contribution in [0.3, 0.4) is 0 Å². The van der Waals surface area contributed by atoms with Crippen molar-refractivity contribution in [3.8, 4) is 0 Å². The van der Waals surface area contributed by atoms with Crippen molar-refractivity contribution in [2.45, 2.75) is 25.2 Å². The Bertz CT molecular complexity index is 1420. The SMILES string of the molecule is O=[N+]([O-])c1ccc(CNc2ccc3c(c2)CN(CC(O)(Cn2cncn2)c2ccc(F)cc2F)N3)cc1. The molecule has 0 saturated carbocycles. The summed E-state index contributed by atoms with van der Waals surface area (Å²) in [4.78, 5) is 14.3. The van der Waals surface area contributed by atoms with Gasteiger partial charge in [-0.15, -0.1) is 0 Å². The first kappa shape index (κ1) is 24.3. The molecular formula is C25H23F2N7O3. The number of halogens is 2. The Hall–Kier alpha value is -4.42. The van der Waals surface area contributed by atoms with E-state index >= 15 is 0 Å². The number of hydrogen-bond donors (Lipinski definition) is 3. The molecule has 0 spiro atoms. The van der Waals surface area contributed by atoms with Gasteiger partial charge in [0, 0.05) is 42.5 Å². The monoisotopic (exact) mass is 507 g/mol. The number of anilines is 2. The molecule has 0 fully saturated rings. The molecule has 1 atom stereocenters. The van der Waals surface area contributed by atoms with Gasteiger partial charge >= 0.3 is 0 Å². The first-order valence-electron chi connectivity index (χ1n) is 11.4. The average molecular weight is 508 g/mol. The van der Waals surface area contributed by atoms with Crippen LogP contribution in [-0.4, -0.2) is 36.3 Å².